The number of likely N-dealkylation sites (tertiary alicyclic amines) is 1. The summed E-state index contributed by atoms with van der Waals surface area (Å²) in [4.78, 5) is 17.3. The van der Waals surface area contributed by atoms with Gasteiger partial charge in [0.1, 0.15) is 19.2 Å². The van der Waals surface area contributed by atoms with Crippen molar-refractivity contribution in [2.24, 2.45) is 0 Å². The van der Waals surface area contributed by atoms with Crippen molar-refractivity contribution < 1.29 is 19.4 Å². The van der Waals surface area contributed by atoms with Gasteiger partial charge in [0.15, 0.2) is 0 Å². The summed E-state index contributed by atoms with van der Waals surface area (Å²) < 4.78 is 13.7. The lowest BCUT2D eigenvalue weighted by atomic mass is 9.95. The van der Waals surface area contributed by atoms with Crippen LogP contribution in [0.2, 0.25) is 25.7 Å². The van der Waals surface area contributed by atoms with E-state index in [1.165, 1.54) is 4.90 Å². The van der Waals surface area contributed by atoms with Crippen LogP contribution in [0.1, 0.15) is 18.4 Å². The molecule has 0 spiro atoms. The smallest absolute Gasteiger partial charge is 0.407 e. The summed E-state index contributed by atoms with van der Waals surface area (Å²) in [6.45, 7) is 9.81. The zero-order valence-electron chi connectivity index (χ0n) is 21.7. The summed E-state index contributed by atoms with van der Waals surface area (Å²) in [7, 11) is -1.10. The van der Waals surface area contributed by atoms with Crippen molar-refractivity contribution in [2.75, 3.05) is 25.0 Å². The molecule has 0 aliphatic carbocycles. The van der Waals surface area contributed by atoms with Crippen LogP contribution in [-0.4, -0.2) is 64.7 Å². The van der Waals surface area contributed by atoms with Crippen LogP contribution in [0.3, 0.4) is 0 Å². The summed E-state index contributed by atoms with van der Waals surface area (Å²) in [6, 6.07) is 11.8. The molecule has 0 saturated carbocycles. The van der Waals surface area contributed by atoms with E-state index in [2.05, 4.69) is 48.3 Å². The molecule has 9 nitrogen and oxygen atoms in total. The van der Waals surface area contributed by atoms with Crippen LogP contribution in [0.4, 0.5) is 10.6 Å². The quantitative estimate of drug-likeness (QED) is 0.303. The number of rotatable bonds is 8. The molecule has 196 valence electrons. The first-order valence-electron chi connectivity index (χ1n) is 12.9. The van der Waals surface area contributed by atoms with E-state index in [1.807, 2.05) is 29.2 Å². The third-order valence-electron chi connectivity index (χ3n) is 6.92. The number of carbonyl (C=O) groups is 1. The Kier molecular flexibility index (Phi) is 7.21. The SMILES string of the molecule is C[Si](C)(C)CCOCn1cc(-c2ccc3c(c2)COc2nc(NC4CCN(C(=O)O)CC4)ccc2-3)cn1. The zero-order chi connectivity index (χ0) is 26.0. The molecule has 1 fully saturated rings. The molecule has 2 aliphatic heterocycles. The van der Waals surface area contributed by atoms with Gasteiger partial charge in [-0.15, -0.1) is 0 Å². The predicted octanol–water partition coefficient (Wildman–Crippen LogP) is 5.37. The normalized spacial score (nSPS) is 15.6. The van der Waals surface area contributed by atoms with Crippen molar-refractivity contribution in [1.29, 1.82) is 0 Å². The lowest BCUT2D eigenvalue weighted by molar-refractivity contribution is 0.0786. The Hall–Kier alpha value is -3.37. The molecule has 10 heteroatoms. The predicted molar refractivity (Wildman–Crippen MR) is 146 cm³/mol. The Balaban J connectivity index is 1.23. The molecule has 0 unspecified atom stereocenters. The van der Waals surface area contributed by atoms with Gasteiger partial charge in [0.05, 0.1) is 6.20 Å². The van der Waals surface area contributed by atoms with Crippen molar-refractivity contribution in [2.45, 2.75) is 57.9 Å². The van der Waals surface area contributed by atoms with Crippen LogP contribution in [0.25, 0.3) is 22.3 Å². The molecule has 0 atom stereocenters. The number of nitrogens with zero attached hydrogens (tertiary/aromatic N) is 4. The lowest BCUT2D eigenvalue weighted by Crippen LogP contribution is -2.41. The maximum absolute atomic E-state index is 11.1. The van der Waals surface area contributed by atoms with Gasteiger partial charge in [0.2, 0.25) is 5.88 Å². The number of piperidine rings is 1. The van der Waals surface area contributed by atoms with Crippen molar-refractivity contribution in [1.82, 2.24) is 19.7 Å². The molecule has 2 aliphatic rings. The number of pyridine rings is 1. The molecule has 5 rings (SSSR count). The summed E-state index contributed by atoms with van der Waals surface area (Å²) in [6.07, 6.45) is 4.57. The van der Waals surface area contributed by atoms with Crippen LogP contribution in [-0.2, 0) is 18.1 Å². The third-order valence-corrected chi connectivity index (χ3v) is 8.63. The van der Waals surface area contributed by atoms with Crippen LogP contribution in [0, 0.1) is 0 Å². The van der Waals surface area contributed by atoms with Gasteiger partial charge >= 0.3 is 6.09 Å². The molecule has 2 N–H and O–H groups in total. The van der Waals surface area contributed by atoms with Crippen LogP contribution in [0.5, 0.6) is 5.88 Å². The lowest BCUT2D eigenvalue weighted by Gasteiger charge is -2.31. The molecule has 1 saturated heterocycles. The van der Waals surface area contributed by atoms with Gasteiger partial charge in [0, 0.05) is 51.1 Å². The molecule has 3 aromatic rings. The van der Waals surface area contributed by atoms with Gasteiger partial charge in [-0.25, -0.2) is 9.48 Å². The first-order valence-corrected chi connectivity index (χ1v) is 16.6. The second-order valence-electron chi connectivity index (χ2n) is 11.0. The highest BCUT2D eigenvalue weighted by Crippen LogP contribution is 2.39. The minimum absolute atomic E-state index is 0.200. The maximum atomic E-state index is 11.1. The van der Waals surface area contributed by atoms with Gasteiger partial charge in [-0.05, 0) is 53.8 Å². The number of benzene rings is 1. The average Bonchev–Trinajstić information content (AvgIpc) is 3.35. The zero-order valence-corrected chi connectivity index (χ0v) is 22.7. The van der Waals surface area contributed by atoms with Crippen LogP contribution >= 0.6 is 0 Å². The fourth-order valence-corrected chi connectivity index (χ4v) is 5.44. The molecule has 37 heavy (non-hydrogen) atoms. The van der Waals surface area contributed by atoms with E-state index < -0.39 is 14.2 Å². The molecule has 2 aromatic heterocycles. The van der Waals surface area contributed by atoms with Crippen LogP contribution < -0.4 is 10.1 Å². The average molecular weight is 522 g/mol. The van der Waals surface area contributed by atoms with Crippen molar-refractivity contribution in [3.8, 4) is 28.1 Å². The van der Waals surface area contributed by atoms with Crippen molar-refractivity contribution in [3.05, 3.63) is 48.3 Å². The van der Waals surface area contributed by atoms with E-state index in [-0.39, 0.29) is 6.04 Å². The summed E-state index contributed by atoms with van der Waals surface area (Å²) >= 11 is 0. The summed E-state index contributed by atoms with van der Waals surface area (Å²) in [5.74, 6) is 1.38. The molecular weight excluding hydrogens is 486 g/mol. The Morgan fingerprint density at radius 1 is 1.16 bits per heavy atom. The van der Waals surface area contributed by atoms with Crippen molar-refractivity contribution in [3.63, 3.8) is 0 Å². The number of aromatic nitrogens is 3. The van der Waals surface area contributed by atoms with E-state index in [0.717, 1.165) is 59.1 Å². The maximum Gasteiger partial charge on any atom is 0.407 e. The van der Waals surface area contributed by atoms with E-state index in [1.54, 1.807) is 0 Å². The summed E-state index contributed by atoms with van der Waals surface area (Å²) in [5, 5.41) is 17.1. The highest BCUT2D eigenvalue weighted by Gasteiger charge is 2.24. The standard InChI is InChI=1S/C27H35N5O4Si/c1-37(2,3)13-12-35-18-32-16-21(15-28-32)19-4-5-23-20(14-19)17-36-26-24(23)6-7-25(30-26)29-22-8-10-31(11-9-22)27(33)34/h4-7,14-16,22H,8-13,17-18H2,1-3H3,(H,29,30)(H,33,34). The first-order chi connectivity index (χ1) is 17.7. The van der Waals surface area contributed by atoms with E-state index in [0.29, 0.717) is 32.3 Å². The topological polar surface area (TPSA) is 102 Å². The van der Waals surface area contributed by atoms with Gasteiger partial charge in [-0.1, -0.05) is 31.8 Å². The van der Waals surface area contributed by atoms with Gasteiger partial charge < -0.3 is 24.8 Å². The molecule has 0 radical (unpaired) electrons. The molecule has 1 amide bonds. The molecule has 1 aromatic carbocycles. The molecule has 4 heterocycles. The fraction of sp³-hybridized carbons (Fsp3) is 0.444. The number of hydrogen-bond acceptors (Lipinski definition) is 6. The Morgan fingerprint density at radius 2 is 1.95 bits per heavy atom. The first kappa shape index (κ1) is 25.3. The van der Waals surface area contributed by atoms with Crippen LogP contribution in [0.15, 0.2) is 42.7 Å². The van der Waals surface area contributed by atoms with E-state index >= 15 is 0 Å². The fourth-order valence-electron chi connectivity index (χ4n) is 4.68. The number of fused-ring (bicyclic) bond motifs is 3. The number of ether oxygens (including phenoxy) is 2. The minimum Gasteiger partial charge on any atom is -0.472 e. The third kappa shape index (κ3) is 6.14. The number of nitrogens with one attached hydrogen (secondary N) is 1. The Morgan fingerprint density at radius 3 is 2.70 bits per heavy atom. The van der Waals surface area contributed by atoms with Gasteiger partial charge in [-0.3, -0.25) is 0 Å². The number of carboxylic acid groups (broad SMARTS) is 1. The largest absolute Gasteiger partial charge is 0.472 e. The highest BCUT2D eigenvalue weighted by molar-refractivity contribution is 6.76. The van der Waals surface area contributed by atoms with E-state index in [9.17, 15) is 4.79 Å². The van der Waals surface area contributed by atoms with Gasteiger partial charge in [-0.2, -0.15) is 10.1 Å². The number of hydrogen-bond donors (Lipinski definition) is 2. The summed E-state index contributed by atoms with van der Waals surface area (Å²) in [5.41, 5.74) is 5.37. The minimum atomic E-state index is -1.10. The highest BCUT2D eigenvalue weighted by atomic mass is 28.3. The monoisotopic (exact) mass is 521 g/mol. The Bertz CT molecular complexity index is 1260. The second-order valence-corrected chi connectivity index (χ2v) is 16.6. The Labute approximate surface area is 218 Å². The van der Waals surface area contributed by atoms with E-state index in [4.69, 9.17) is 19.6 Å². The molecular formula is C27H35N5O4Si. The molecule has 0 bridgehead atoms. The van der Waals surface area contributed by atoms with Crippen molar-refractivity contribution >= 4 is 20.0 Å². The second kappa shape index (κ2) is 10.5. The van der Waals surface area contributed by atoms with Gasteiger partial charge in [0.25, 0.3) is 0 Å². The number of amides is 1. The number of anilines is 1.